The van der Waals surface area contributed by atoms with Crippen LogP contribution in [0.25, 0.3) is 10.6 Å². The molecule has 1 aromatic carbocycles. The Morgan fingerprint density at radius 1 is 1.27 bits per heavy atom. The maximum atomic E-state index is 12.3. The number of thiazole rings is 1. The standard InChI is InChI=1S/C21H23N3O5S/c1-4-28-20(26)18-13(3)22-21(27)24-16(18)10-29-17(25)9-15-11-30-19(23-15)14-7-5-6-12(2)8-14/h5-8,11,13H,4,9-10H2,1-3H3,(H2,22,24,27). The fraction of sp³-hybridized carbons (Fsp3) is 0.333. The van der Waals surface area contributed by atoms with E-state index < -0.39 is 24.0 Å². The van der Waals surface area contributed by atoms with E-state index in [1.807, 2.05) is 36.6 Å². The summed E-state index contributed by atoms with van der Waals surface area (Å²) in [5.41, 5.74) is 3.18. The zero-order valence-corrected chi connectivity index (χ0v) is 17.8. The molecule has 1 aliphatic rings. The van der Waals surface area contributed by atoms with Gasteiger partial charge in [-0.3, -0.25) is 4.79 Å². The van der Waals surface area contributed by atoms with Crippen molar-refractivity contribution in [3.63, 3.8) is 0 Å². The summed E-state index contributed by atoms with van der Waals surface area (Å²) in [6, 6.07) is 6.95. The Kier molecular flexibility index (Phi) is 6.83. The van der Waals surface area contributed by atoms with Crippen LogP contribution in [0.15, 0.2) is 40.9 Å². The van der Waals surface area contributed by atoms with Gasteiger partial charge in [0, 0.05) is 10.9 Å². The molecular formula is C21H23N3O5S. The Hall–Kier alpha value is -3.20. The van der Waals surface area contributed by atoms with E-state index in [0.29, 0.717) is 5.69 Å². The lowest BCUT2D eigenvalue weighted by molar-refractivity contribution is -0.143. The quantitative estimate of drug-likeness (QED) is 0.656. The summed E-state index contributed by atoms with van der Waals surface area (Å²) in [4.78, 5) is 40.7. The van der Waals surface area contributed by atoms with Gasteiger partial charge in [0.05, 0.1) is 36.0 Å². The minimum absolute atomic E-state index is 0.00785. The molecule has 2 N–H and O–H groups in total. The monoisotopic (exact) mass is 429 g/mol. The highest BCUT2D eigenvalue weighted by Crippen LogP contribution is 2.24. The summed E-state index contributed by atoms with van der Waals surface area (Å²) >= 11 is 1.46. The first-order chi connectivity index (χ1) is 14.4. The van der Waals surface area contributed by atoms with E-state index in [1.165, 1.54) is 11.3 Å². The Morgan fingerprint density at radius 3 is 2.80 bits per heavy atom. The molecule has 2 amide bonds. The Labute approximate surface area is 178 Å². The van der Waals surface area contributed by atoms with Crippen molar-refractivity contribution in [1.29, 1.82) is 0 Å². The lowest BCUT2D eigenvalue weighted by Gasteiger charge is -2.26. The van der Waals surface area contributed by atoms with Crippen LogP contribution in [0, 0.1) is 6.92 Å². The normalized spacial score (nSPS) is 16.0. The number of ether oxygens (including phenoxy) is 2. The molecule has 1 atom stereocenters. The molecule has 0 spiro atoms. The van der Waals surface area contributed by atoms with Crippen LogP contribution >= 0.6 is 11.3 Å². The van der Waals surface area contributed by atoms with E-state index in [1.54, 1.807) is 13.8 Å². The van der Waals surface area contributed by atoms with Crippen molar-refractivity contribution in [2.75, 3.05) is 13.2 Å². The molecule has 0 saturated heterocycles. The van der Waals surface area contributed by atoms with Crippen molar-refractivity contribution in [1.82, 2.24) is 15.6 Å². The lowest BCUT2D eigenvalue weighted by Crippen LogP contribution is -2.50. The van der Waals surface area contributed by atoms with Crippen LogP contribution in [0.1, 0.15) is 25.1 Å². The molecular weight excluding hydrogens is 406 g/mol. The summed E-state index contributed by atoms with van der Waals surface area (Å²) in [6.45, 7) is 5.32. The second-order valence-electron chi connectivity index (χ2n) is 6.78. The van der Waals surface area contributed by atoms with Gasteiger partial charge in [-0.15, -0.1) is 11.3 Å². The maximum Gasteiger partial charge on any atom is 0.338 e. The number of rotatable bonds is 7. The van der Waals surface area contributed by atoms with Crippen LogP contribution < -0.4 is 10.6 Å². The number of aryl methyl sites for hydroxylation is 1. The molecule has 1 unspecified atom stereocenters. The van der Waals surface area contributed by atoms with Crippen molar-refractivity contribution >= 4 is 29.3 Å². The highest BCUT2D eigenvalue weighted by molar-refractivity contribution is 7.13. The molecule has 9 heteroatoms. The molecule has 158 valence electrons. The van der Waals surface area contributed by atoms with E-state index in [2.05, 4.69) is 15.6 Å². The molecule has 8 nitrogen and oxygen atoms in total. The van der Waals surface area contributed by atoms with Gasteiger partial charge in [-0.25, -0.2) is 14.6 Å². The molecule has 1 aliphatic heterocycles. The minimum atomic E-state index is -0.564. The van der Waals surface area contributed by atoms with E-state index in [0.717, 1.165) is 16.1 Å². The number of esters is 2. The van der Waals surface area contributed by atoms with Gasteiger partial charge >= 0.3 is 18.0 Å². The summed E-state index contributed by atoms with van der Waals surface area (Å²) in [5, 5.41) is 7.76. The van der Waals surface area contributed by atoms with Crippen LogP contribution in [0.4, 0.5) is 4.79 Å². The van der Waals surface area contributed by atoms with Crippen molar-refractivity contribution in [3.05, 3.63) is 52.2 Å². The minimum Gasteiger partial charge on any atom is -0.463 e. The largest absolute Gasteiger partial charge is 0.463 e. The predicted molar refractivity (Wildman–Crippen MR) is 112 cm³/mol. The van der Waals surface area contributed by atoms with Crippen LogP contribution in [-0.4, -0.2) is 42.2 Å². The van der Waals surface area contributed by atoms with Gasteiger partial charge in [-0.2, -0.15) is 0 Å². The van der Waals surface area contributed by atoms with Crippen LogP contribution in [0.3, 0.4) is 0 Å². The molecule has 0 aliphatic carbocycles. The van der Waals surface area contributed by atoms with Crippen LogP contribution in [-0.2, 0) is 25.5 Å². The smallest absolute Gasteiger partial charge is 0.338 e. The number of hydrogen-bond donors (Lipinski definition) is 2. The lowest BCUT2D eigenvalue weighted by atomic mass is 10.0. The number of amides is 2. The fourth-order valence-electron chi connectivity index (χ4n) is 3.04. The number of carbonyl (C=O) groups excluding carboxylic acids is 3. The SMILES string of the molecule is CCOC(=O)C1=C(COC(=O)Cc2csc(-c3cccc(C)c3)n2)NC(=O)NC1C. The summed E-state index contributed by atoms with van der Waals surface area (Å²) in [7, 11) is 0. The number of urea groups is 1. The average molecular weight is 429 g/mol. The molecule has 30 heavy (non-hydrogen) atoms. The third kappa shape index (κ3) is 5.24. The number of nitrogens with one attached hydrogen (secondary N) is 2. The molecule has 0 saturated carbocycles. The number of hydrogen-bond acceptors (Lipinski definition) is 7. The Morgan fingerprint density at radius 2 is 2.07 bits per heavy atom. The van der Waals surface area contributed by atoms with Gasteiger partial charge in [-0.1, -0.05) is 23.8 Å². The zero-order valence-electron chi connectivity index (χ0n) is 17.0. The van der Waals surface area contributed by atoms with Crippen LogP contribution in [0.5, 0.6) is 0 Å². The van der Waals surface area contributed by atoms with Gasteiger partial charge in [0.2, 0.25) is 0 Å². The first-order valence-corrected chi connectivity index (χ1v) is 10.4. The van der Waals surface area contributed by atoms with Gasteiger partial charge in [0.1, 0.15) is 11.6 Å². The van der Waals surface area contributed by atoms with Crippen molar-refractivity contribution in [2.45, 2.75) is 33.2 Å². The molecule has 3 rings (SSSR count). The van der Waals surface area contributed by atoms with E-state index in [-0.39, 0.29) is 30.9 Å². The van der Waals surface area contributed by atoms with Crippen molar-refractivity contribution in [3.8, 4) is 10.6 Å². The molecule has 1 aromatic heterocycles. The second-order valence-corrected chi connectivity index (χ2v) is 7.64. The summed E-state index contributed by atoms with van der Waals surface area (Å²) in [5.74, 6) is -1.07. The van der Waals surface area contributed by atoms with E-state index in [4.69, 9.17) is 9.47 Å². The predicted octanol–water partition coefficient (Wildman–Crippen LogP) is 2.72. The fourth-order valence-corrected chi connectivity index (χ4v) is 3.86. The third-order valence-electron chi connectivity index (χ3n) is 4.39. The third-order valence-corrected chi connectivity index (χ3v) is 5.33. The topological polar surface area (TPSA) is 107 Å². The molecule has 2 aromatic rings. The number of benzene rings is 1. The number of aromatic nitrogens is 1. The number of nitrogens with zero attached hydrogens (tertiary/aromatic N) is 1. The number of carbonyl (C=O) groups is 3. The summed E-state index contributed by atoms with van der Waals surface area (Å²) in [6.07, 6.45) is -0.00785. The summed E-state index contributed by atoms with van der Waals surface area (Å²) < 4.78 is 10.3. The molecule has 2 heterocycles. The zero-order chi connectivity index (χ0) is 21.7. The molecule has 0 bridgehead atoms. The van der Waals surface area contributed by atoms with Gasteiger partial charge in [0.25, 0.3) is 0 Å². The highest BCUT2D eigenvalue weighted by atomic mass is 32.1. The van der Waals surface area contributed by atoms with Crippen LogP contribution in [0.2, 0.25) is 0 Å². The van der Waals surface area contributed by atoms with E-state index >= 15 is 0 Å². The highest BCUT2D eigenvalue weighted by Gasteiger charge is 2.30. The second kappa shape index (κ2) is 9.53. The Bertz CT molecular complexity index is 998. The average Bonchev–Trinajstić information content (AvgIpc) is 3.14. The Balaban J connectivity index is 1.65. The first-order valence-electron chi connectivity index (χ1n) is 9.52. The molecule has 0 radical (unpaired) electrons. The first kappa shape index (κ1) is 21.5. The molecule has 0 fully saturated rings. The van der Waals surface area contributed by atoms with Crippen molar-refractivity contribution < 1.29 is 23.9 Å². The van der Waals surface area contributed by atoms with Crippen molar-refractivity contribution in [2.24, 2.45) is 0 Å². The maximum absolute atomic E-state index is 12.3. The van der Waals surface area contributed by atoms with Gasteiger partial charge in [0.15, 0.2) is 0 Å². The van der Waals surface area contributed by atoms with Gasteiger partial charge < -0.3 is 20.1 Å². The van der Waals surface area contributed by atoms with Gasteiger partial charge in [-0.05, 0) is 26.8 Å². The van der Waals surface area contributed by atoms with E-state index in [9.17, 15) is 14.4 Å².